The molecule has 1 aromatic carbocycles. The van der Waals surface area contributed by atoms with Crippen molar-refractivity contribution in [1.29, 1.82) is 0 Å². The molecule has 2 heterocycles. The van der Waals surface area contributed by atoms with Gasteiger partial charge < -0.3 is 5.73 Å². The molecule has 0 saturated heterocycles. The van der Waals surface area contributed by atoms with E-state index in [1.165, 1.54) is 6.33 Å². The number of para-hydroxylation sites is 1. The second kappa shape index (κ2) is 5.72. The number of nitrogens with two attached hydrogens (primary N) is 1. The minimum Gasteiger partial charge on any atom is -0.393 e. The standard InChI is InChI=1S/C14H11ClN6/c15-13-12(16)14(19-8-18-13)21-20-7-9-5-6-17-11-4-2-1-3-10(9)11/h1-8H,16H2,(H,18,19,21)/b20-7-. The fourth-order valence-corrected chi connectivity index (χ4v) is 1.99. The molecule has 0 spiro atoms. The number of benzene rings is 1. The third-order valence-corrected chi connectivity index (χ3v) is 3.19. The van der Waals surface area contributed by atoms with Crippen molar-refractivity contribution in [3.63, 3.8) is 0 Å². The van der Waals surface area contributed by atoms with Crippen molar-refractivity contribution in [2.45, 2.75) is 0 Å². The van der Waals surface area contributed by atoms with E-state index in [9.17, 15) is 0 Å². The Balaban J connectivity index is 1.87. The van der Waals surface area contributed by atoms with Crippen molar-refractivity contribution < 1.29 is 0 Å². The Morgan fingerprint density at radius 2 is 2.00 bits per heavy atom. The van der Waals surface area contributed by atoms with Gasteiger partial charge in [0.25, 0.3) is 0 Å². The number of nitrogen functional groups attached to an aromatic ring is 1. The maximum atomic E-state index is 5.81. The predicted octanol–water partition coefficient (Wildman–Crippen LogP) is 2.71. The van der Waals surface area contributed by atoms with Crippen LogP contribution in [-0.2, 0) is 0 Å². The van der Waals surface area contributed by atoms with E-state index in [2.05, 4.69) is 25.5 Å². The summed E-state index contributed by atoms with van der Waals surface area (Å²) in [7, 11) is 0. The molecule has 0 atom stereocenters. The molecule has 104 valence electrons. The van der Waals surface area contributed by atoms with Gasteiger partial charge in [-0.15, -0.1) is 0 Å². The lowest BCUT2D eigenvalue weighted by Gasteiger charge is -2.04. The summed E-state index contributed by atoms with van der Waals surface area (Å²) in [4.78, 5) is 12.0. The zero-order valence-electron chi connectivity index (χ0n) is 10.9. The van der Waals surface area contributed by atoms with E-state index in [-0.39, 0.29) is 10.8 Å². The Labute approximate surface area is 125 Å². The van der Waals surface area contributed by atoms with Crippen LogP contribution >= 0.6 is 11.6 Å². The van der Waals surface area contributed by atoms with Crippen molar-refractivity contribution in [2.24, 2.45) is 5.10 Å². The number of rotatable bonds is 3. The minimum atomic E-state index is 0.192. The van der Waals surface area contributed by atoms with E-state index in [4.69, 9.17) is 17.3 Å². The van der Waals surface area contributed by atoms with Gasteiger partial charge >= 0.3 is 0 Å². The lowest BCUT2D eigenvalue weighted by molar-refractivity contribution is 1.14. The minimum absolute atomic E-state index is 0.192. The molecule has 0 saturated carbocycles. The molecule has 3 N–H and O–H groups in total. The highest BCUT2D eigenvalue weighted by atomic mass is 35.5. The highest BCUT2D eigenvalue weighted by molar-refractivity contribution is 6.32. The second-order valence-corrected chi connectivity index (χ2v) is 4.57. The van der Waals surface area contributed by atoms with Gasteiger partial charge in [0.2, 0.25) is 0 Å². The summed E-state index contributed by atoms with van der Waals surface area (Å²) in [6.07, 6.45) is 4.73. The molecule has 3 rings (SSSR count). The number of hydrogen-bond donors (Lipinski definition) is 2. The van der Waals surface area contributed by atoms with Gasteiger partial charge in [-0.2, -0.15) is 5.10 Å². The molecule has 0 fully saturated rings. The number of anilines is 2. The number of pyridine rings is 1. The molecule has 0 aliphatic rings. The fraction of sp³-hybridized carbons (Fsp3) is 0. The molecule has 0 unspecified atom stereocenters. The zero-order chi connectivity index (χ0) is 14.7. The van der Waals surface area contributed by atoms with Crippen LogP contribution in [0.3, 0.4) is 0 Å². The lowest BCUT2D eigenvalue weighted by atomic mass is 10.1. The summed E-state index contributed by atoms with van der Waals surface area (Å²) >= 11 is 5.81. The first-order valence-electron chi connectivity index (χ1n) is 6.14. The topological polar surface area (TPSA) is 89.1 Å². The molecule has 0 aliphatic heterocycles. The number of nitrogens with zero attached hydrogens (tertiary/aromatic N) is 4. The van der Waals surface area contributed by atoms with Gasteiger partial charge in [-0.25, -0.2) is 9.97 Å². The van der Waals surface area contributed by atoms with Crippen LogP contribution in [0.2, 0.25) is 5.15 Å². The van der Waals surface area contributed by atoms with Crippen LogP contribution < -0.4 is 11.2 Å². The normalized spacial score (nSPS) is 11.1. The van der Waals surface area contributed by atoms with Gasteiger partial charge in [-0.3, -0.25) is 10.4 Å². The monoisotopic (exact) mass is 298 g/mol. The Kier molecular flexibility index (Phi) is 3.61. The molecule has 0 aliphatic carbocycles. The van der Waals surface area contributed by atoms with Crippen LogP contribution in [0.5, 0.6) is 0 Å². The van der Waals surface area contributed by atoms with Crippen molar-refractivity contribution in [3.05, 3.63) is 53.6 Å². The number of halogens is 1. The van der Waals surface area contributed by atoms with Gasteiger partial charge in [0.1, 0.15) is 12.0 Å². The Hall–Kier alpha value is -2.73. The first kappa shape index (κ1) is 13.3. The van der Waals surface area contributed by atoms with Crippen LogP contribution in [0.25, 0.3) is 10.9 Å². The summed E-state index contributed by atoms with van der Waals surface area (Å²) in [6.45, 7) is 0. The average Bonchev–Trinajstić information content (AvgIpc) is 2.52. The van der Waals surface area contributed by atoms with E-state index in [0.717, 1.165) is 16.5 Å². The predicted molar refractivity (Wildman–Crippen MR) is 84.4 cm³/mol. The maximum absolute atomic E-state index is 5.81. The summed E-state index contributed by atoms with van der Waals surface area (Å²) in [5.41, 5.74) is 10.6. The molecule has 0 radical (unpaired) electrons. The van der Waals surface area contributed by atoms with E-state index in [0.29, 0.717) is 5.82 Å². The highest BCUT2D eigenvalue weighted by Gasteiger charge is 2.04. The number of fused-ring (bicyclic) bond motifs is 1. The second-order valence-electron chi connectivity index (χ2n) is 4.21. The maximum Gasteiger partial charge on any atom is 0.174 e. The third-order valence-electron chi connectivity index (χ3n) is 2.89. The Morgan fingerprint density at radius 1 is 1.14 bits per heavy atom. The molecule has 21 heavy (non-hydrogen) atoms. The zero-order valence-corrected chi connectivity index (χ0v) is 11.6. The molecule has 7 heteroatoms. The van der Waals surface area contributed by atoms with Gasteiger partial charge in [0.05, 0.1) is 11.7 Å². The first-order valence-corrected chi connectivity index (χ1v) is 6.52. The molecule has 0 amide bonds. The molecule has 6 nitrogen and oxygen atoms in total. The summed E-state index contributed by atoms with van der Waals surface area (Å²) in [5, 5.41) is 5.34. The number of hydrogen-bond acceptors (Lipinski definition) is 6. The van der Waals surface area contributed by atoms with E-state index in [1.54, 1.807) is 12.4 Å². The van der Waals surface area contributed by atoms with Gasteiger partial charge in [0, 0.05) is 17.1 Å². The van der Waals surface area contributed by atoms with Crippen molar-refractivity contribution in [1.82, 2.24) is 15.0 Å². The third kappa shape index (κ3) is 2.75. The Morgan fingerprint density at radius 3 is 2.90 bits per heavy atom. The highest BCUT2D eigenvalue weighted by Crippen LogP contribution is 2.21. The molecule has 2 aromatic heterocycles. The van der Waals surface area contributed by atoms with Crippen LogP contribution in [-0.4, -0.2) is 21.2 Å². The summed E-state index contributed by atoms with van der Waals surface area (Å²) < 4.78 is 0. The van der Waals surface area contributed by atoms with Gasteiger partial charge in [-0.1, -0.05) is 29.8 Å². The average molecular weight is 299 g/mol. The summed E-state index contributed by atoms with van der Waals surface area (Å²) in [5.74, 6) is 0.365. The quantitative estimate of drug-likeness (QED) is 0.441. The molecular weight excluding hydrogens is 288 g/mol. The van der Waals surface area contributed by atoms with E-state index >= 15 is 0 Å². The van der Waals surface area contributed by atoms with Crippen LogP contribution in [0, 0.1) is 0 Å². The van der Waals surface area contributed by atoms with Crippen molar-refractivity contribution in [2.75, 3.05) is 11.2 Å². The molecular formula is C14H11ClN6. The van der Waals surface area contributed by atoms with Crippen LogP contribution in [0.1, 0.15) is 5.56 Å². The SMILES string of the molecule is Nc1c(Cl)ncnc1N/N=C\c1ccnc2ccccc12. The molecule has 3 aromatic rings. The van der Waals surface area contributed by atoms with E-state index < -0.39 is 0 Å². The fourth-order valence-electron chi connectivity index (χ4n) is 1.86. The largest absolute Gasteiger partial charge is 0.393 e. The van der Waals surface area contributed by atoms with Gasteiger partial charge in [-0.05, 0) is 12.1 Å². The summed E-state index contributed by atoms with van der Waals surface area (Å²) in [6, 6.07) is 9.71. The van der Waals surface area contributed by atoms with Crippen LogP contribution in [0.4, 0.5) is 11.5 Å². The Bertz CT molecular complexity index is 812. The number of nitrogens with one attached hydrogen (secondary N) is 1. The van der Waals surface area contributed by atoms with Crippen molar-refractivity contribution >= 4 is 40.2 Å². The van der Waals surface area contributed by atoms with Crippen LogP contribution in [0.15, 0.2) is 48.0 Å². The lowest BCUT2D eigenvalue weighted by Crippen LogP contribution is -2.01. The first-order chi connectivity index (χ1) is 10.3. The number of hydrazone groups is 1. The number of aromatic nitrogens is 3. The van der Waals surface area contributed by atoms with Crippen molar-refractivity contribution in [3.8, 4) is 0 Å². The van der Waals surface area contributed by atoms with E-state index in [1.807, 2.05) is 30.3 Å². The molecule has 0 bridgehead atoms. The smallest absolute Gasteiger partial charge is 0.174 e. The van der Waals surface area contributed by atoms with Gasteiger partial charge in [0.15, 0.2) is 11.0 Å².